The highest BCUT2D eigenvalue weighted by Crippen LogP contribution is 2.26. The second-order valence-corrected chi connectivity index (χ2v) is 8.22. The maximum Gasteiger partial charge on any atom is 0.260 e. The van der Waals surface area contributed by atoms with Crippen LogP contribution in [-0.2, 0) is 4.79 Å². The van der Waals surface area contributed by atoms with Gasteiger partial charge in [0.1, 0.15) is 11.5 Å². The van der Waals surface area contributed by atoms with Crippen molar-refractivity contribution < 1.29 is 19.1 Å². The van der Waals surface area contributed by atoms with E-state index in [0.717, 1.165) is 17.1 Å². The molecule has 0 saturated carbocycles. The lowest BCUT2D eigenvalue weighted by Gasteiger charge is -2.31. The Morgan fingerprint density at radius 3 is 2.33 bits per heavy atom. The number of nitrogens with zero attached hydrogens (tertiary/aromatic N) is 1. The van der Waals surface area contributed by atoms with Crippen LogP contribution < -0.4 is 9.47 Å². The molecule has 1 amide bonds. The van der Waals surface area contributed by atoms with Gasteiger partial charge < -0.3 is 14.4 Å². The fourth-order valence-corrected chi connectivity index (χ4v) is 3.74. The Hall–Kier alpha value is -2.82. The van der Waals surface area contributed by atoms with E-state index >= 15 is 0 Å². The average Bonchev–Trinajstić information content (AvgIpc) is 2.77. The van der Waals surface area contributed by atoms with Crippen molar-refractivity contribution in [2.24, 2.45) is 5.92 Å². The van der Waals surface area contributed by atoms with Crippen LogP contribution in [0.15, 0.2) is 42.5 Å². The number of piperidine rings is 1. The number of benzene rings is 2. The molecule has 1 heterocycles. The molecule has 0 radical (unpaired) electrons. The Morgan fingerprint density at radius 2 is 1.73 bits per heavy atom. The first-order chi connectivity index (χ1) is 14.4. The highest BCUT2D eigenvalue weighted by Gasteiger charge is 2.28. The molecule has 3 rings (SSSR count). The van der Waals surface area contributed by atoms with E-state index in [1.807, 2.05) is 19.1 Å². The summed E-state index contributed by atoms with van der Waals surface area (Å²) in [6, 6.07) is 13.4. The van der Waals surface area contributed by atoms with Crippen molar-refractivity contribution in [2.45, 2.75) is 39.5 Å². The van der Waals surface area contributed by atoms with Gasteiger partial charge in [0, 0.05) is 24.6 Å². The molecule has 1 saturated heterocycles. The Labute approximate surface area is 179 Å². The number of carbonyl (C=O) groups is 2. The van der Waals surface area contributed by atoms with E-state index in [1.54, 1.807) is 36.3 Å². The topological polar surface area (TPSA) is 55.8 Å². The van der Waals surface area contributed by atoms with Crippen LogP contribution in [0, 0.1) is 12.8 Å². The summed E-state index contributed by atoms with van der Waals surface area (Å²) in [7, 11) is 1.61. The minimum absolute atomic E-state index is 0.0273. The summed E-state index contributed by atoms with van der Waals surface area (Å²) in [6.45, 7) is 7.45. The molecule has 2 aromatic carbocycles. The third kappa shape index (κ3) is 5.21. The van der Waals surface area contributed by atoms with Crippen LogP contribution in [-0.4, -0.2) is 43.4 Å². The van der Waals surface area contributed by atoms with E-state index < -0.39 is 0 Å². The van der Waals surface area contributed by atoms with Gasteiger partial charge in [0.05, 0.1) is 7.11 Å². The largest absolute Gasteiger partial charge is 0.497 e. The van der Waals surface area contributed by atoms with Crippen LogP contribution in [0.25, 0.3) is 0 Å². The molecule has 2 aromatic rings. The van der Waals surface area contributed by atoms with Crippen molar-refractivity contribution in [2.75, 3.05) is 26.8 Å². The Morgan fingerprint density at radius 1 is 1.07 bits per heavy atom. The van der Waals surface area contributed by atoms with Crippen LogP contribution in [0.5, 0.6) is 11.5 Å². The highest BCUT2D eigenvalue weighted by molar-refractivity contribution is 5.98. The quantitative estimate of drug-likeness (QED) is 0.626. The number of amides is 1. The summed E-state index contributed by atoms with van der Waals surface area (Å²) in [5.74, 6) is 1.97. The number of ketones is 1. The normalized spacial score (nSPS) is 14.6. The van der Waals surface area contributed by atoms with Crippen molar-refractivity contribution in [1.82, 2.24) is 4.90 Å². The maximum atomic E-state index is 12.7. The number of hydrogen-bond acceptors (Lipinski definition) is 4. The van der Waals surface area contributed by atoms with Gasteiger partial charge in [-0.2, -0.15) is 0 Å². The third-order valence-corrected chi connectivity index (χ3v) is 5.82. The molecule has 0 atom stereocenters. The Bertz CT molecular complexity index is 881. The summed E-state index contributed by atoms with van der Waals surface area (Å²) in [4.78, 5) is 27.2. The minimum Gasteiger partial charge on any atom is -0.497 e. The molecular weight excluding hydrogens is 378 g/mol. The predicted molar refractivity (Wildman–Crippen MR) is 117 cm³/mol. The first-order valence-electron chi connectivity index (χ1n) is 10.6. The zero-order valence-corrected chi connectivity index (χ0v) is 18.3. The molecule has 1 aliphatic rings. The van der Waals surface area contributed by atoms with Gasteiger partial charge in [0.2, 0.25) is 0 Å². The van der Waals surface area contributed by atoms with Crippen molar-refractivity contribution in [1.29, 1.82) is 0 Å². The minimum atomic E-state index is -0.0478. The number of hydrogen-bond donors (Lipinski definition) is 0. The number of likely N-dealkylation sites (tertiary alicyclic amines) is 1. The van der Waals surface area contributed by atoms with Gasteiger partial charge in [-0.05, 0) is 67.1 Å². The lowest BCUT2D eigenvalue weighted by molar-refractivity contribution is -0.134. The number of ether oxygens (including phenoxy) is 2. The molecule has 1 fully saturated rings. The van der Waals surface area contributed by atoms with Crippen LogP contribution in [0.1, 0.15) is 54.1 Å². The van der Waals surface area contributed by atoms with Crippen LogP contribution >= 0.6 is 0 Å². The van der Waals surface area contributed by atoms with Crippen molar-refractivity contribution in [3.63, 3.8) is 0 Å². The molecule has 0 bridgehead atoms. The molecular formula is C25H31NO4. The summed E-state index contributed by atoms with van der Waals surface area (Å²) in [6.07, 6.45) is 1.36. The molecule has 0 aromatic heterocycles. The first-order valence-corrected chi connectivity index (χ1v) is 10.6. The molecule has 5 nitrogen and oxygen atoms in total. The van der Waals surface area contributed by atoms with Gasteiger partial charge in [-0.3, -0.25) is 9.59 Å². The smallest absolute Gasteiger partial charge is 0.260 e. The summed E-state index contributed by atoms with van der Waals surface area (Å²) >= 11 is 0. The van der Waals surface area contributed by atoms with Crippen LogP contribution in [0.3, 0.4) is 0 Å². The molecule has 5 heteroatoms. The molecule has 0 aliphatic carbocycles. The van der Waals surface area contributed by atoms with E-state index in [2.05, 4.69) is 19.9 Å². The number of carbonyl (C=O) groups excluding carboxylic acids is 2. The fourth-order valence-electron chi connectivity index (χ4n) is 3.74. The highest BCUT2D eigenvalue weighted by atomic mass is 16.5. The van der Waals surface area contributed by atoms with E-state index in [1.165, 1.54) is 5.56 Å². The SMILES string of the molecule is COc1ccc(C(=O)C2CCN(C(=O)COc3cc(C(C)C)ccc3C)CC2)cc1. The van der Waals surface area contributed by atoms with E-state index in [0.29, 0.717) is 37.4 Å². The van der Waals surface area contributed by atoms with Crippen molar-refractivity contribution in [3.05, 3.63) is 59.2 Å². The van der Waals surface area contributed by atoms with Gasteiger partial charge in [-0.25, -0.2) is 0 Å². The van der Waals surface area contributed by atoms with Crippen LogP contribution in [0.2, 0.25) is 0 Å². The van der Waals surface area contributed by atoms with Gasteiger partial charge in [0.25, 0.3) is 5.91 Å². The van der Waals surface area contributed by atoms with E-state index in [4.69, 9.17) is 9.47 Å². The molecule has 30 heavy (non-hydrogen) atoms. The zero-order chi connectivity index (χ0) is 21.7. The van der Waals surface area contributed by atoms with E-state index in [-0.39, 0.29) is 24.2 Å². The monoisotopic (exact) mass is 409 g/mol. The zero-order valence-electron chi connectivity index (χ0n) is 18.3. The molecule has 0 N–H and O–H groups in total. The lowest BCUT2D eigenvalue weighted by Crippen LogP contribution is -2.42. The second kappa shape index (κ2) is 9.79. The molecule has 160 valence electrons. The number of methoxy groups -OCH3 is 1. The van der Waals surface area contributed by atoms with Crippen molar-refractivity contribution in [3.8, 4) is 11.5 Å². The number of rotatable bonds is 7. The predicted octanol–water partition coefficient (Wildman–Crippen LogP) is 4.63. The summed E-state index contributed by atoms with van der Waals surface area (Å²) < 4.78 is 11.0. The van der Waals surface area contributed by atoms with Gasteiger partial charge in [-0.15, -0.1) is 0 Å². The average molecular weight is 410 g/mol. The van der Waals surface area contributed by atoms with Gasteiger partial charge in [0.15, 0.2) is 12.4 Å². The van der Waals surface area contributed by atoms with E-state index in [9.17, 15) is 9.59 Å². The third-order valence-electron chi connectivity index (χ3n) is 5.82. The first kappa shape index (κ1) is 21.9. The fraction of sp³-hybridized carbons (Fsp3) is 0.440. The number of aryl methyl sites for hydroxylation is 1. The molecule has 0 unspecified atom stereocenters. The summed E-state index contributed by atoms with van der Waals surface area (Å²) in [5.41, 5.74) is 2.92. The van der Waals surface area contributed by atoms with Crippen molar-refractivity contribution >= 4 is 11.7 Å². The Kier molecular flexibility index (Phi) is 7.14. The molecule has 1 aliphatic heterocycles. The standard InChI is InChI=1S/C25H31NO4/c1-17(2)21-6-5-18(3)23(15-21)30-16-24(27)26-13-11-20(12-14-26)25(28)19-7-9-22(29-4)10-8-19/h5-10,15,17,20H,11-14,16H2,1-4H3. The number of Topliss-reactive ketones (excluding diaryl/α,β-unsaturated/α-hetero) is 1. The summed E-state index contributed by atoms with van der Waals surface area (Å²) in [5, 5.41) is 0. The maximum absolute atomic E-state index is 12.7. The van der Waals surface area contributed by atoms with Crippen LogP contribution in [0.4, 0.5) is 0 Å². The van der Waals surface area contributed by atoms with Gasteiger partial charge >= 0.3 is 0 Å². The van der Waals surface area contributed by atoms with Gasteiger partial charge in [-0.1, -0.05) is 26.0 Å². The molecule has 0 spiro atoms. The second-order valence-electron chi connectivity index (χ2n) is 8.22. The lowest BCUT2D eigenvalue weighted by atomic mass is 9.89. The Balaban J connectivity index is 1.51.